The highest BCUT2D eigenvalue weighted by Gasteiger charge is 2.24. The van der Waals surface area contributed by atoms with E-state index in [1.54, 1.807) is 0 Å². The number of amides is 1. The van der Waals surface area contributed by atoms with Crippen LogP contribution in [0.2, 0.25) is 0 Å². The van der Waals surface area contributed by atoms with Crippen molar-refractivity contribution in [3.8, 4) is 0 Å². The van der Waals surface area contributed by atoms with Gasteiger partial charge in [0.25, 0.3) is 0 Å². The number of carbonyl (C=O) groups excluding carboxylic acids is 1. The second-order valence-electron chi connectivity index (χ2n) is 5.27. The number of hydrogen-bond donors (Lipinski definition) is 1. The fourth-order valence-electron chi connectivity index (χ4n) is 2.76. The first kappa shape index (κ1) is 13.0. The molecule has 0 bridgehead atoms. The first-order valence-corrected chi connectivity index (χ1v) is 7.90. The Labute approximate surface area is 116 Å². The summed E-state index contributed by atoms with van der Waals surface area (Å²) in [7, 11) is 0. The Bertz CT molecular complexity index is 437. The molecule has 2 heterocycles. The standard InChI is InChI=1S/C13H19N3O2S/c17-11(9-5-2-1-3-6-9)14-13-16-15-12(19-13)10-7-4-8-18-10/h9-10H,1-8H2,(H,14,16,17)/t10-/m1/s1. The molecule has 1 N–H and O–H groups in total. The van der Waals surface area contributed by atoms with E-state index < -0.39 is 0 Å². The number of hydrogen-bond acceptors (Lipinski definition) is 5. The zero-order valence-electron chi connectivity index (χ0n) is 10.9. The van der Waals surface area contributed by atoms with Gasteiger partial charge in [0, 0.05) is 12.5 Å². The smallest absolute Gasteiger partial charge is 0.229 e. The molecule has 1 aliphatic carbocycles. The highest BCUT2D eigenvalue weighted by atomic mass is 32.1. The van der Waals surface area contributed by atoms with Crippen molar-refractivity contribution >= 4 is 22.4 Å². The van der Waals surface area contributed by atoms with Crippen molar-refractivity contribution in [1.82, 2.24) is 10.2 Å². The molecular weight excluding hydrogens is 262 g/mol. The maximum absolute atomic E-state index is 12.1. The van der Waals surface area contributed by atoms with Crippen LogP contribution in [0.4, 0.5) is 5.13 Å². The summed E-state index contributed by atoms with van der Waals surface area (Å²) in [6.07, 6.45) is 7.75. The largest absolute Gasteiger partial charge is 0.371 e. The summed E-state index contributed by atoms with van der Waals surface area (Å²) >= 11 is 1.44. The van der Waals surface area contributed by atoms with E-state index in [4.69, 9.17) is 4.74 Å². The van der Waals surface area contributed by atoms with Crippen molar-refractivity contribution in [1.29, 1.82) is 0 Å². The lowest BCUT2D eigenvalue weighted by Gasteiger charge is -2.19. The molecule has 0 aromatic carbocycles. The topological polar surface area (TPSA) is 64.1 Å². The summed E-state index contributed by atoms with van der Waals surface area (Å²) in [5.41, 5.74) is 0. The molecule has 2 fully saturated rings. The molecule has 6 heteroatoms. The maximum atomic E-state index is 12.1. The molecule has 5 nitrogen and oxygen atoms in total. The van der Waals surface area contributed by atoms with Crippen molar-refractivity contribution in [2.75, 3.05) is 11.9 Å². The molecule has 19 heavy (non-hydrogen) atoms. The van der Waals surface area contributed by atoms with Gasteiger partial charge in [-0.3, -0.25) is 4.79 Å². The zero-order valence-corrected chi connectivity index (χ0v) is 11.7. The minimum absolute atomic E-state index is 0.0813. The van der Waals surface area contributed by atoms with E-state index in [0.717, 1.165) is 50.1 Å². The molecule has 1 amide bonds. The number of nitrogens with zero attached hydrogens (tertiary/aromatic N) is 2. The van der Waals surface area contributed by atoms with Gasteiger partial charge in [-0.15, -0.1) is 10.2 Å². The Hall–Kier alpha value is -1.01. The van der Waals surface area contributed by atoms with Gasteiger partial charge in [0.05, 0.1) is 0 Å². The van der Waals surface area contributed by atoms with Gasteiger partial charge in [0.15, 0.2) is 0 Å². The van der Waals surface area contributed by atoms with Crippen LogP contribution in [0.15, 0.2) is 0 Å². The molecule has 3 rings (SSSR count). The third kappa shape index (κ3) is 3.12. The molecular formula is C13H19N3O2S. The Morgan fingerprint density at radius 3 is 2.74 bits per heavy atom. The van der Waals surface area contributed by atoms with Gasteiger partial charge >= 0.3 is 0 Å². The average molecular weight is 281 g/mol. The van der Waals surface area contributed by atoms with E-state index in [2.05, 4.69) is 15.5 Å². The minimum Gasteiger partial charge on any atom is -0.371 e. The molecule has 0 unspecified atom stereocenters. The van der Waals surface area contributed by atoms with Crippen molar-refractivity contribution in [3.05, 3.63) is 5.01 Å². The SMILES string of the molecule is O=C(Nc1nnc([C@H]2CCCO2)s1)C1CCCCC1. The Morgan fingerprint density at radius 1 is 1.16 bits per heavy atom. The van der Waals surface area contributed by atoms with E-state index in [1.165, 1.54) is 17.8 Å². The predicted molar refractivity (Wildman–Crippen MR) is 73.0 cm³/mol. The number of carbonyl (C=O) groups is 1. The van der Waals surface area contributed by atoms with Crippen LogP contribution < -0.4 is 5.32 Å². The summed E-state index contributed by atoms with van der Waals surface area (Å²) < 4.78 is 5.57. The van der Waals surface area contributed by atoms with E-state index >= 15 is 0 Å². The summed E-state index contributed by atoms with van der Waals surface area (Å²) in [4.78, 5) is 12.1. The molecule has 0 radical (unpaired) electrons. The van der Waals surface area contributed by atoms with Crippen molar-refractivity contribution < 1.29 is 9.53 Å². The molecule has 1 saturated carbocycles. The van der Waals surface area contributed by atoms with Crippen LogP contribution in [0.5, 0.6) is 0 Å². The van der Waals surface area contributed by atoms with Crippen molar-refractivity contribution in [3.63, 3.8) is 0 Å². The number of nitrogens with one attached hydrogen (secondary N) is 1. The normalized spacial score (nSPS) is 24.5. The van der Waals surface area contributed by atoms with Crippen LogP contribution in [0.25, 0.3) is 0 Å². The number of rotatable bonds is 3. The zero-order chi connectivity index (χ0) is 13.1. The quantitative estimate of drug-likeness (QED) is 0.925. The van der Waals surface area contributed by atoms with Gasteiger partial charge in [-0.25, -0.2) is 0 Å². The van der Waals surface area contributed by atoms with E-state index in [0.29, 0.717) is 5.13 Å². The van der Waals surface area contributed by atoms with Gasteiger partial charge in [0.1, 0.15) is 11.1 Å². The lowest BCUT2D eigenvalue weighted by molar-refractivity contribution is -0.120. The second kappa shape index (κ2) is 5.96. The Kier molecular flexibility index (Phi) is 4.08. The van der Waals surface area contributed by atoms with Gasteiger partial charge < -0.3 is 10.1 Å². The highest BCUT2D eigenvalue weighted by molar-refractivity contribution is 7.15. The molecule has 1 aliphatic heterocycles. The third-order valence-corrected chi connectivity index (χ3v) is 4.78. The van der Waals surface area contributed by atoms with E-state index in [9.17, 15) is 4.79 Å². The van der Waals surface area contributed by atoms with Crippen molar-refractivity contribution in [2.24, 2.45) is 5.92 Å². The molecule has 1 atom stereocenters. The van der Waals surface area contributed by atoms with Crippen LogP contribution in [0.1, 0.15) is 56.1 Å². The van der Waals surface area contributed by atoms with Crippen LogP contribution in [-0.2, 0) is 9.53 Å². The summed E-state index contributed by atoms with van der Waals surface area (Å²) in [6.45, 7) is 0.800. The van der Waals surface area contributed by atoms with Gasteiger partial charge in [-0.2, -0.15) is 0 Å². The first-order chi connectivity index (χ1) is 9.33. The van der Waals surface area contributed by atoms with E-state index in [-0.39, 0.29) is 17.9 Å². The Balaban J connectivity index is 1.58. The number of ether oxygens (including phenoxy) is 1. The molecule has 1 saturated heterocycles. The number of anilines is 1. The second-order valence-corrected chi connectivity index (χ2v) is 6.28. The van der Waals surface area contributed by atoms with Crippen LogP contribution in [0.3, 0.4) is 0 Å². The van der Waals surface area contributed by atoms with Crippen LogP contribution >= 0.6 is 11.3 Å². The lowest BCUT2D eigenvalue weighted by atomic mass is 9.89. The molecule has 0 spiro atoms. The minimum atomic E-state index is 0.0813. The predicted octanol–water partition coefficient (Wildman–Crippen LogP) is 2.91. The molecule has 1 aromatic heterocycles. The highest BCUT2D eigenvalue weighted by Crippen LogP contribution is 2.32. The third-order valence-electron chi connectivity index (χ3n) is 3.85. The fourth-order valence-corrected chi connectivity index (χ4v) is 3.59. The summed E-state index contributed by atoms with van der Waals surface area (Å²) in [5.74, 6) is 0.263. The van der Waals surface area contributed by atoms with Gasteiger partial charge in [-0.1, -0.05) is 30.6 Å². The van der Waals surface area contributed by atoms with Crippen LogP contribution in [0, 0.1) is 5.92 Å². The molecule has 104 valence electrons. The maximum Gasteiger partial charge on any atom is 0.229 e. The average Bonchev–Trinajstić information content (AvgIpc) is 3.10. The first-order valence-electron chi connectivity index (χ1n) is 7.09. The summed E-state index contributed by atoms with van der Waals surface area (Å²) in [6, 6.07) is 0. The molecule has 1 aromatic rings. The van der Waals surface area contributed by atoms with Crippen molar-refractivity contribution in [2.45, 2.75) is 51.0 Å². The van der Waals surface area contributed by atoms with E-state index in [1.807, 2.05) is 0 Å². The number of aromatic nitrogens is 2. The van der Waals surface area contributed by atoms with Gasteiger partial charge in [-0.05, 0) is 25.7 Å². The van der Waals surface area contributed by atoms with Crippen LogP contribution in [-0.4, -0.2) is 22.7 Å². The lowest BCUT2D eigenvalue weighted by Crippen LogP contribution is -2.24. The fraction of sp³-hybridized carbons (Fsp3) is 0.769. The molecule has 2 aliphatic rings. The monoisotopic (exact) mass is 281 g/mol. The Morgan fingerprint density at radius 2 is 2.00 bits per heavy atom. The summed E-state index contributed by atoms with van der Waals surface area (Å²) in [5, 5.41) is 12.6. The van der Waals surface area contributed by atoms with Gasteiger partial charge in [0.2, 0.25) is 11.0 Å².